The number of hydrogen-bond donors (Lipinski definition) is 0. The molecule has 1 aliphatic heterocycles. The largest absolute Gasteiger partial charge is 0.450 e. The lowest BCUT2D eigenvalue weighted by Gasteiger charge is -2.46. The van der Waals surface area contributed by atoms with E-state index in [-0.39, 0.29) is 11.9 Å². The van der Waals surface area contributed by atoms with Gasteiger partial charge in [0, 0.05) is 11.4 Å². The molecule has 0 aromatic heterocycles. The summed E-state index contributed by atoms with van der Waals surface area (Å²) in [6.45, 7) is 1.32. The highest BCUT2D eigenvalue weighted by atomic mass is 79.9. The molecule has 1 amide bonds. The minimum atomic E-state index is -0.771. The van der Waals surface area contributed by atoms with Gasteiger partial charge in [-0.25, -0.2) is 0 Å². The second-order valence-electron chi connectivity index (χ2n) is 5.05. The number of nitrogens with zero attached hydrogens (tertiary/aromatic N) is 1. The zero-order valence-corrected chi connectivity index (χ0v) is 13.5. The zero-order chi connectivity index (χ0) is 15.7. The fourth-order valence-electron chi connectivity index (χ4n) is 2.65. The number of amides is 1. The molecule has 0 bridgehead atoms. The fraction of sp³-hybridized carbons (Fsp3) is 0.176. The Balaban J connectivity index is 2.00. The minimum Gasteiger partial charge on any atom is -0.450 e. The van der Waals surface area contributed by atoms with Crippen LogP contribution in [0.15, 0.2) is 59.1 Å². The summed E-state index contributed by atoms with van der Waals surface area (Å²) < 4.78 is 6.04. The van der Waals surface area contributed by atoms with Crippen molar-refractivity contribution < 1.29 is 14.3 Å². The molecule has 22 heavy (non-hydrogen) atoms. The second-order valence-corrected chi connectivity index (χ2v) is 5.90. The van der Waals surface area contributed by atoms with Crippen LogP contribution in [0.3, 0.4) is 0 Å². The molecule has 0 N–H and O–H groups in total. The Bertz CT molecular complexity index is 717. The molecule has 2 atom stereocenters. The van der Waals surface area contributed by atoms with Crippen LogP contribution in [-0.2, 0) is 14.3 Å². The van der Waals surface area contributed by atoms with Crippen LogP contribution in [-0.4, -0.2) is 18.0 Å². The van der Waals surface area contributed by atoms with Crippen molar-refractivity contribution in [3.05, 3.63) is 64.6 Å². The van der Waals surface area contributed by atoms with Crippen molar-refractivity contribution >= 4 is 33.5 Å². The van der Waals surface area contributed by atoms with Crippen molar-refractivity contribution in [2.75, 3.05) is 4.90 Å². The predicted molar refractivity (Wildman–Crippen MR) is 86.4 cm³/mol. The third-order valence-corrected chi connectivity index (χ3v) is 4.26. The van der Waals surface area contributed by atoms with Gasteiger partial charge in [-0.1, -0.05) is 42.5 Å². The molecule has 0 radical (unpaired) electrons. The maximum absolute atomic E-state index is 12.5. The highest BCUT2D eigenvalue weighted by molar-refractivity contribution is 9.10. The van der Waals surface area contributed by atoms with E-state index in [0.717, 1.165) is 15.7 Å². The van der Waals surface area contributed by atoms with Crippen molar-refractivity contribution in [2.24, 2.45) is 0 Å². The van der Waals surface area contributed by atoms with E-state index < -0.39 is 12.1 Å². The SMILES string of the molecule is CC(=O)O[C@@H]1C(=O)N(c2ccccc2Br)[C@H]1c1ccccc1. The first-order chi connectivity index (χ1) is 10.6. The molecule has 0 saturated carbocycles. The number of anilines is 1. The number of carbonyl (C=O) groups excluding carboxylic acids is 2. The Labute approximate surface area is 136 Å². The van der Waals surface area contributed by atoms with Gasteiger partial charge in [0.15, 0.2) is 0 Å². The Morgan fingerprint density at radius 1 is 1.09 bits per heavy atom. The summed E-state index contributed by atoms with van der Waals surface area (Å²) in [5.41, 5.74) is 1.70. The summed E-state index contributed by atoms with van der Waals surface area (Å²) in [6, 6.07) is 16.8. The number of benzene rings is 2. The van der Waals surface area contributed by atoms with Gasteiger partial charge >= 0.3 is 5.97 Å². The third-order valence-electron chi connectivity index (χ3n) is 3.59. The maximum atomic E-state index is 12.5. The maximum Gasteiger partial charge on any atom is 0.303 e. The summed E-state index contributed by atoms with van der Waals surface area (Å²) in [7, 11) is 0. The standard InChI is InChI=1S/C17H14BrNO3/c1-11(20)22-16-15(12-7-3-2-4-8-12)19(17(16)21)14-10-6-5-9-13(14)18/h2-10,15-16H,1H3/t15-,16-/m0/s1. The Kier molecular flexibility index (Phi) is 3.98. The first-order valence-electron chi connectivity index (χ1n) is 6.89. The fourth-order valence-corrected chi connectivity index (χ4v) is 3.12. The number of ether oxygens (including phenoxy) is 1. The van der Waals surface area contributed by atoms with Gasteiger partial charge in [-0.15, -0.1) is 0 Å². The van der Waals surface area contributed by atoms with Crippen molar-refractivity contribution in [2.45, 2.75) is 19.1 Å². The Morgan fingerprint density at radius 3 is 2.36 bits per heavy atom. The third kappa shape index (κ3) is 2.52. The van der Waals surface area contributed by atoms with E-state index in [1.807, 2.05) is 54.6 Å². The highest BCUT2D eigenvalue weighted by Gasteiger charge is 2.51. The number of β-lactam (4-membered cyclic amide) rings is 1. The smallest absolute Gasteiger partial charge is 0.303 e. The number of rotatable bonds is 3. The average molecular weight is 360 g/mol. The number of hydrogen-bond acceptors (Lipinski definition) is 3. The van der Waals surface area contributed by atoms with E-state index in [2.05, 4.69) is 15.9 Å². The molecule has 0 aliphatic carbocycles. The molecule has 0 unspecified atom stereocenters. The van der Waals surface area contributed by atoms with Gasteiger partial charge in [0.2, 0.25) is 6.10 Å². The van der Waals surface area contributed by atoms with E-state index in [4.69, 9.17) is 4.74 Å². The number of carbonyl (C=O) groups is 2. The van der Waals surface area contributed by atoms with Crippen LogP contribution in [0.1, 0.15) is 18.5 Å². The summed E-state index contributed by atoms with van der Waals surface area (Å²) in [4.78, 5) is 25.4. The molecule has 112 valence electrons. The number of para-hydroxylation sites is 1. The van der Waals surface area contributed by atoms with Gasteiger partial charge in [0.05, 0.1) is 5.69 Å². The van der Waals surface area contributed by atoms with Crippen LogP contribution < -0.4 is 4.90 Å². The van der Waals surface area contributed by atoms with Gasteiger partial charge in [0.1, 0.15) is 6.04 Å². The Hall–Kier alpha value is -2.14. The molecule has 5 heteroatoms. The average Bonchev–Trinajstić information content (AvgIpc) is 2.52. The number of esters is 1. The predicted octanol–water partition coefficient (Wildman–Crippen LogP) is 3.47. The summed E-state index contributed by atoms with van der Waals surface area (Å²) in [6.07, 6.45) is -0.771. The first-order valence-corrected chi connectivity index (χ1v) is 7.68. The molecule has 2 aromatic rings. The molecule has 1 heterocycles. The highest BCUT2D eigenvalue weighted by Crippen LogP contribution is 2.43. The van der Waals surface area contributed by atoms with E-state index in [1.54, 1.807) is 4.90 Å². The van der Waals surface area contributed by atoms with E-state index in [1.165, 1.54) is 6.92 Å². The molecular weight excluding hydrogens is 346 g/mol. The summed E-state index contributed by atoms with van der Waals surface area (Å²) >= 11 is 3.47. The van der Waals surface area contributed by atoms with Crippen molar-refractivity contribution in [1.29, 1.82) is 0 Å². The number of halogens is 1. The molecule has 4 nitrogen and oxygen atoms in total. The quantitative estimate of drug-likeness (QED) is 0.622. The van der Waals surface area contributed by atoms with Crippen LogP contribution in [0, 0.1) is 0 Å². The van der Waals surface area contributed by atoms with Gasteiger partial charge in [0.25, 0.3) is 5.91 Å². The zero-order valence-electron chi connectivity index (χ0n) is 11.9. The molecule has 3 rings (SSSR count). The normalized spacial score (nSPS) is 20.5. The van der Waals surface area contributed by atoms with E-state index >= 15 is 0 Å². The minimum absolute atomic E-state index is 0.212. The summed E-state index contributed by atoms with van der Waals surface area (Å²) in [5, 5.41) is 0. The lowest BCUT2D eigenvalue weighted by atomic mass is 9.89. The van der Waals surface area contributed by atoms with Crippen LogP contribution in [0.2, 0.25) is 0 Å². The molecule has 2 aromatic carbocycles. The monoisotopic (exact) mass is 359 g/mol. The van der Waals surface area contributed by atoms with Gasteiger partial charge in [-0.3, -0.25) is 14.5 Å². The van der Waals surface area contributed by atoms with E-state index in [9.17, 15) is 9.59 Å². The molecule has 1 saturated heterocycles. The van der Waals surface area contributed by atoms with Crippen LogP contribution in [0.5, 0.6) is 0 Å². The lowest BCUT2D eigenvalue weighted by Crippen LogP contribution is -2.60. The molecule has 0 spiro atoms. The van der Waals surface area contributed by atoms with Crippen molar-refractivity contribution in [3.63, 3.8) is 0 Å². The van der Waals surface area contributed by atoms with Crippen LogP contribution in [0.25, 0.3) is 0 Å². The van der Waals surface area contributed by atoms with Gasteiger partial charge in [-0.2, -0.15) is 0 Å². The Morgan fingerprint density at radius 2 is 1.73 bits per heavy atom. The molecule has 1 fully saturated rings. The van der Waals surface area contributed by atoms with Crippen LogP contribution >= 0.6 is 15.9 Å². The summed E-state index contributed by atoms with van der Waals surface area (Å²) in [5.74, 6) is -0.665. The van der Waals surface area contributed by atoms with Crippen molar-refractivity contribution in [3.8, 4) is 0 Å². The lowest BCUT2D eigenvalue weighted by molar-refractivity contribution is -0.160. The second kappa shape index (κ2) is 5.93. The van der Waals surface area contributed by atoms with Crippen molar-refractivity contribution in [1.82, 2.24) is 0 Å². The molecular formula is C17H14BrNO3. The van der Waals surface area contributed by atoms with Gasteiger partial charge in [-0.05, 0) is 33.6 Å². The van der Waals surface area contributed by atoms with Gasteiger partial charge < -0.3 is 4.74 Å². The first kappa shape index (κ1) is 14.8. The van der Waals surface area contributed by atoms with E-state index in [0.29, 0.717) is 0 Å². The van der Waals surface area contributed by atoms with Crippen LogP contribution in [0.4, 0.5) is 5.69 Å². The topological polar surface area (TPSA) is 46.6 Å². The molecule has 1 aliphatic rings.